The summed E-state index contributed by atoms with van der Waals surface area (Å²) in [6.07, 6.45) is -10.4. The maximum atomic E-state index is 13.0. The Bertz CT molecular complexity index is 882. The van der Waals surface area contributed by atoms with Gasteiger partial charge < -0.3 is 19.9 Å². The highest BCUT2D eigenvalue weighted by Crippen LogP contribution is 2.37. The predicted molar refractivity (Wildman–Crippen MR) is 110 cm³/mol. The Hall–Kier alpha value is -2.70. The van der Waals surface area contributed by atoms with Gasteiger partial charge in [0.05, 0.1) is 11.1 Å². The molecule has 2 saturated heterocycles. The first-order valence-electron chi connectivity index (χ1n) is 10.6. The maximum absolute atomic E-state index is 13.0. The molecule has 13 heteroatoms. The number of halogens is 6. The van der Waals surface area contributed by atoms with E-state index < -0.39 is 46.9 Å². The number of hydrogen-bond donors (Lipinski definition) is 1. The minimum absolute atomic E-state index is 0.00619. The lowest BCUT2D eigenvalue weighted by molar-refractivity contribution is -0.143. The van der Waals surface area contributed by atoms with E-state index in [1.807, 2.05) is 0 Å². The van der Waals surface area contributed by atoms with Crippen LogP contribution >= 0.6 is 0 Å². The van der Waals surface area contributed by atoms with Gasteiger partial charge in [0, 0.05) is 51.0 Å². The first-order valence-corrected chi connectivity index (χ1v) is 10.6. The highest BCUT2D eigenvalue weighted by atomic mass is 19.4. The van der Waals surface area contributed by atoms with Crippen LogP contribution < -0.4 is 5.32 Å². The van der Waals surface area contributed by atoms with Crippen molar-refractivity contribution in [1.82, 2.24) is 14.7 Å². The number of hydrogen-bond acceptors (Lipinski definition) is 4. The molecule has 0 spiro atoms. The molecular weight excluding hydrogens is 470 g/mol. The summed E-state index contributed by atoms with van der Waals surface area (Å²) in [5, 5.41) is 2.14. The Morgan fingerprint density at radius 1 is 0.853 bits per heavy atom. The average molecular weight is 496 g/mol. The van der Waals surface area contributed by atoms with Gasteiger partial charge in [-0.15, -0.1) is 0 Å². The monoisotopic (exact) mass is 496 g/mol. The Labute approximate surface area is 192 Å². The first kappa shape index (κ1) is 25.9. The van der Waals surface area contributed by atoms with E-state index in [0.29, 0.717) is 38.3 Å². The number of anilines is 1. The lowest BCUT2D eigenvalue weighted by atomic mass is 10.1. The predicted octanol–water partition coefficient (Wildman–Crippen LogP) is 4.49. The summed E-state index contributed by atoms with van der Waals surface area (Å²) in [6.45, 7) is 7.87. The van der Waals surface area contributed by atoms with Gasteiger partial charge in [0.25, 0.3) is 0 Å². The molecule has 2 heterocycles. The van der Waals surface area contributed by atoms with Gasteiger partial charge in [-0.05, 0) is 39.0 Å². The van der Waals surface area contributed by atoms with Crippen LogP contribution in [-0.4, -0.2) is 77.7 Å². The van der Waals surface area contributed by atoms with E-state index in [9.17, 15) is 35.9 Å². The van der Waals surface area contributed by atoms with E-state index in [1.165, 1.54) is 4.90 Å². The molecule has 7 nitrogen and oxygen atoms in total. The second-order valence-electron chi connectivity index (χ2n) is 9.29. The van der Waals surface area contributed by atoms with Crippen LogP contribution in [0.4, 0.5) is 41.6 Å². The van der Waals surface area contributed by atoms with Crippen LogP contribution in [0.15, 0.2) is 18.2 Å². The number of carbonyl (C=O) groups is 2. The molecule has 0 aromatic heterocycles. The molecule has 0 radical (unpaired) electrons. The van der Waals surface area contributed by atoms with Crippen molar-refractivity contribution in [2.24, 2.45) is 0 Å². The molecule has 0 atom stereocenters. The molecule has 3 amide bonds. The quantitative estimate of drug-likeness (QED) is 0.613. The molecule has 2 aliphatic heterocycles. The van der Waals surface area contributed by atoms with Crippen molar-refractivity contribution in [2.75, 3.05) is 44.6 Å². The summed E-state index contributed by atoms with van der Waals surface area (Å²) >= 11 is 0. The van der Waals surface area contributed by atoms with Gasteiger partial charge in [-0.25, -0.2) is 9.59 Å². The number of nitrogens with one attached hydrogen (secondary N) is 1. The normalized spacial score (nSPS) is 18.5. The topological polar surface area (TPSA) is 65.1 Å². The van der Waals surface area contributed by atoms with Crippen molar-refractivity contribution < 1.29 is 40.7 Å². The van der Waals surface area contributed by atoms with Crippen LogP contribution in [-0.2, 0) is 17.1 Å². The van der Waals surface area contributed by atoms with Gasteiger partial charge in [0.2, 0.25) is 0 Å². The third-order valence-electron chi connectivity index (χ3n) is 5.47. The number of alkyl halides is 6. The highest BCUT2D eigenvalue weighted by molar-refractivity contribution is 5.90. The molecular formula is C21H26F6N4O3. The number of likely N-dealkylation sites (tertiary alicyclic amines) is 1. The SMILES string of the molecule is CC(C)(C)OC(=O)N1CCN(C2CN(C(=O)Nc3cc(C(F)(F)F)cc(C(F)(F)F)c3)C2)CC1. The van der Waals surface area contributed by atoms with Gasteiger partial charge in [-0.1, -0.05) is 0 Å². The van der Waals surface area contributed by atoms with Crippen molar-refractivity contribution in [3.63, 3.8) is 0 Å². The molecule has 0 bridgehead atoms. The second kappa shape index (κ2) is 9.16. The van der Waals surface area contributed by atoms with Crippen LogP contribution in [0.5, 0.6) is 0 Å². The third-order valence-corrected chi connectivity index (χ3v) is 5.47. The van der Waals surface area contributed by atoms with Gasteiger partial charge in [0.1, 0.15) is 5.60 Å². The van der Waals surface area contributed by atoms with E-state index >= 15 is 0 Å². The number of benzene rings is 1. The van der Waals surface area contributed by atoms with Crippen molar-refractivity contribution in [2.45, 2.75) is 44.8 Å². The standard InChI is InChI=1S/C21H26F6N4O3/c1-19(2,3)34-18(33)30-6-4-29(5-7-30)16-11-31(12-16)17(32)28-15-9-13(20(22,23)24)8-14(10-15)21(25,26)27/h8-10,16H,4-7,11-12H2,1-3H3,(H,28,32). The summed E-state index contributed by atoms with van der Waals surface area (Å²) in [5.41, 5.74) is -4.18. The number of ether oxygens (including phenoxy) is 1. The number of piperazine rings is 1. The summed E-state index contributed by atoms with van der Waals surface area (Å²) in [6, 6.07) is 0.155. The van der Waals surface area contributed by atoms with Crippen molar-refractivity contribution in [1.29, 1.82) is 0 Å². The highest BCUT2D eigenvalue weighted by Gasteiger charge is 2.39. The zero-order valence-corrected chi connectivity index (χ0v) is 18.9. The van der Waals surface area contributed by atoms with Crippen molar-refractivity contribution in [3.8, 4) is 0 Å². The van der Waals surface area contributed by atoms with Crippen LogP contribution in [0, 0.1) is 0 Å². The Kier molecular flexibility index (Phi) is 6.98. The van der Waals surface area contributed by atoms with Gasteiger partial charge in [-0.3, -0.25) is 4.90 Å². The molecule has 3 rings (SSSR count). The van der Waals surface area contributed by atoms with Gasteiger partial charge in [0.15, 0.2) is 0 Å². The number of amides is 3. The van der Waals surface area contributed by atoms with E-state index in [1.54, 1.807) is 25.7 Å². The van der Waals surface area contributed by atoms with E-state index in [4.69, 9.17) is 4.74 Å². The van der Waals surface area contributed by atoms with Crippen LogP contribution in [0.2, 0.25) is 0 Å². The van der Waals surface area contributed by atoms with Crippen LogP contribution in [0.25, 0.3) is 0 Å². The van der Waals surface area contributed by atoms with E-state index in [2.05, 4.69) is 10.2 Å². The van der Waals surface area contributed by atoms with E-state index in [0.717, 1.165) is 0 Å². The molecule has 1 N–H and O–H groups in total. The smallest absolute Gasteiger partial charge is 0.416 e. The summed E-state index contributed by atoms with van der Waals surface area (Å²) in [4.78, 5) is 29.5. The van der Waals surface area contributed by atoms with Crippen molar-refractivity contribution >= 4 is 17.8 Å². The third kappa shape index (κ3) is 6.45. The Balaban J connectivity index is 1.53. The second-order valence-corrected chi connectivity index (χ2v) is 9.29. The summed E-state index contributed by atoms with van der Waals surface area (Å²) in [5.74, 6) is 0. The molecule has 190 valence electrons. The van der Waals surface area contributed by atoms with Gasteiger partial charge in [-0.2, -0.15) is 26.3 Å². The molecule has 1 aromatic carbocycles. The molecule has 0 unspecified atom stereocenters. The fraction of sp³-hybridized carbons (Fsp3) is 0.619. The van der Waals surface area contributed by atoms with Crippen LogP contribution in [0.1, 0.15) is 31.9 Å². The van der Waals surface area contributed by atoms with Crippen molar-refractivity contribution in [3.05, 3.63) is 29.3 Å². The van der Waals surface area contributed by atoms with Crippen LogP contribution in [0.3, 0.4) is 0 Å². The number of rotatable bonds is 2. The largest absolute Gasteiger partial charge is 0.444 e. The fourth-order valence-electron chi connectivity index (χ4n) is 3.68. The lowest BCUT2D eigenvalue weighted by Gasteiger charge is -2.47. The summed E-state index contributed by atoms with van der Waals surface area (Å²) < 4.78 is 83.3. The molecule has 2 aliphatic rings. The molecule has 2 fully saturated rings. The molecule has 34 heavy (non-hydrogen) atoms. The zero-order chi connectivity index (χ0) is 25.5. The summed E-state index contributed by atoms with van der Waals surface area (Å²) in [7, 11) is 0. The first-order chi connectivity index (χ1) is 15.5. The number of carbonyl (C=O) groups excluding carboxylic acids is 2. The minimum atomic E-state index is -5.00. The molecule has 1 aromatic rings. The maximum Gasteiger partial charge on any atom is 0.416 e. The fourth-order valence-corrected chi connectivity index (χ4v) is 3.68. The van der Waals surface area contributed by atoms with Gasteiger partial charge >= 0.3 is 24.5 Å². The Morgan fingerprint density at radius 3 is 1.79 bits per heavy atom. The molecule has 0 saturated carbocycles. The lowest BCUT2D eigenvalue weighted by Crippen LogP contribution is -2.65. The number of urea groups is 1. The average Bonchev–Trinajstić information content (AvgIpc) is 2.64. The zero-order valence-electron chi connectivity index (χ0n) is 18.9. The molecule has 0 aliphatic carbocycles. The Morgan fingerprint density at radius 2 is 1.35 bits per heavy atom. The number of nitrogens with zero attached hydrogens (tertiary/aromatic N) is 3. The van der Waals surface area contributed by atoms with E-state index in [-0.39, 0.29) is 25.2 Å². The minimum Gasteiger partial charge on any atom is -0.444 e.